The highest BCUT2D eigenvalue weighted by atomic mass is 19.4. The van der Waals surface area contributed by atoms with Gasteiger partial charge in [-0.05, 0) is 24.3 Å². The quantitative estimate of drug-likeness (QED) is 0.428. The second-order valence-electron chi connectivity index (χ2n) is 7.08. The molecule has 3 aromatic heterocycles. The molecule has 4 rings (SSSR count). The first-order valence-corrected chi connectivity index (χ1v) is 9.83. The van der Waals surface area contributed by atoms with E-state index in [0.717, 1.165) is 0 Å². The first-order valence-electron chi connectivity index (χ1n) is 9.83. The van der Waals surface area contributed by atoms with Gasteiger partial charge in [-0.1, -0.05) is 12.1 Å². The Labute approximate surface area is 190 Å². The van der Waals surface area contributed by atoms with Crippen molar-refractivity contribution in [3.8, 4) is 22.6 Å². The summed E-state index contributed by atoms with van der Waals surface area (Å²) in [6, 6.07) is 9.22. The number of nitrogens with one attached hydrogen (secondary N) is 2. The highest BCUT2D eigenvalue weighted by molar-refractivity contribution is 5.90. The molecule has 174 valence electrons. The Morgan fingerprint density at radius 2 is 1.79 bits per heavy atom. The molecule has 12 heteroatoms. The Kier molecular flexibility index (Phi) is 6.13. The molecule has 3 heterocycles. The zero-order chi connectivity index (χ0) is 24.3. The fraction of sp³-hybridized carbons (Fsp3) is 0.136. The normalized spacial score (nSPS) is 11.3. The number of fused-ring (bicyclic) bond motifs is 1. The van der Waals surface area contributed by atoms with Gasteiger partial charge in [0.1, 0.15) is 12.2 Å². The van der Waals surface area contributed by atoms with Crippen LogP contribution in [0, 0.1) is 0 Å². The van der Waals surface area contributed by atoms with Gasteiger partial charge < -0.3 is 15.4 Å². The van der Waals surface area contributed by atoms with E-state index in [1.165, 1.54) is 19.5 Å². The number of pyridine rings is 1. The Morgan fingerprint density at radius 1 is 1.03 bits per heavy atom. The zero-order valence-corrected chi connectivity index (χ0v) is 17.6. The van der Waals surface area contributed by atoms with Crippen LogP contribution < -0.4 is 10.6 Å². The molecule has 9 nitrogen and oxygen atoms in total. The molecule has 0 aliphatic heterocycles. The van der Waals surface area contributed by atoms with Crippen molar-refractivity contribution in [1.29, 1.82) is 0 Å². The topological polar surface area (TPSA) is 111 Å². The number of esters is 1. The number of hydrogen-bond donors (Lipinski definition) is 2. The van der Waals surface area contributed by atoms with Gasteiger partial charge in [0.05, 0.1) is 24.6 Å². The van der Waals surface area contributed by atoms with Crippen LogP contribution in [0.1, 0.15) is 10.4 Å². The third-order valence-electron chi connectivity index (χ3n) is 4.71. The highest BCUT2D eigenvalue weighted by Gasteiger charge is 2.27. The number of anilines is 1. The van der Waals surface area contributed by atoms with Crippen LogP contribution in [0.5, 0.6) is 0 Å². The van der Waals surface area contributed by atoms with Crippen molar-refractivity contribution < 1.29 is 27.5 Å². The molecule has 2 amide bonds. The molecule has 0 unspecified atom stereocenters. The van der Waals surface area contributed by atoms with Crippen LogP contribution in [0.25, 0.3) is 28.3 Å². The average Bonchev–Trinajstić information content (AvgIpc) is 3.25. The van der Waals surface area contributed by atoms with Crippen LogP contribution >= 0.6 is 0 Å². The summed E-state index contributed by atoms with van der Waals surface area (Å²) >= 11 is 0. The predicted molar refractivity (Wildman–Crippen MR) is 116 cm³/mol. The molecule has 0 bridgehead atoms. The first kappa shape index (κ1) is 22.7. The summed E-state index contributed by atoms with van der Waals surface area (Å²) in [5.41, 5.74) is 3.21. The van der Waals surface area contributed by atoms with E-state index in [4.69, 9.17) is 0 Å². The van der Waals surface area contributed by atoms with Crippen LogP contribution in [-0.4, -0.2) is 51.2 Å². The Balaban J connectivity index is 1.55. The maximum Gasteiger partial charge on any atom is 0.405 e. The number of rotatable bonds is 5. The summed E-state index contributed by atoms with van der Waals surface area (Å²) in [4.78, 5) is 36.1. The van der Waals surface area contributed by atoms with Crippen molar-refractivity contribution >= 4 is 23.3 Å². The van der Waals surface area contributed by atoms with Crippen LogP contribution in [0.2, 0.25) is 0 Å². The van der Waals surface area contributed by atoms with E-state index in [2.05, 4.69) is 25.0 Å². The summed E-state index contributed by atoms with van der Waals surface area (Å²) in [7, 11) is 1.27. The average molecular weight is 470 g/mol. The fourth-order valence-electron chi connectivity index (χ4n) is 3.15. The summed E-state index contributed by atoms with van der Waals surface area (Å²) in [5, 5.41) is 4.14. The summed E-state index contributed by atoms with van der Waals surface area (Å²) in [5.74, 6) is -0.134. The monoisotopic (exact) mass is 470 g/mol. The van der Waals surface area contributed by atoms with Gasteiger partial charge in [-0.15, -0.1) is 0 Å². The predicted octanol–water partition coefficient (Wildman–Crippen LogP) is 3.93. The third kappa shape index (κ3) is 5.11. The molecule has 4 aromatic rings. The van der Waals surface area contributed by atoms with E-state index in [-0.39, 0.29) is 5.56 Å². The Bertz CT molecular complexity index is 1350. The molecule has 34 heavy (non-hydrogen) atoms. The van der Waals surface area contributed by atoms with Gasteiger partial charge in [-0.3, -0.25) is 4.40 Å². The Hall–Kier alpha value is -4.48. The number of carbonyl (C=O) groups excluding carboxylic acids is 2. The van der Waals surface area contributed by atoms with E-state index >= 15 is 0 Å². The SMILES string of the molecule is COC(=O)c1cnc(-c2ccn3c(-c4cccc(NC(=O)NCC(F)(F)F)c4)cnc3c2)nc1. The number of amides is 2. The molecule has 0 spiro atoms. The number of hydrogen-bond acceptors (Lipinski definition) is 6. The largest absolute Gasteiger partial charge is 0.465 e. The first-order chi connectivity index (χ1) is 16.2. The van der Waals surface area contributed by atoms with Gasteiger partial charge in [0.15, 0.2) is 5.82 Å². The van der Waals surface area contributed by atoms with Gasteiger partial charge in [-0.25, -0.2) is 24.5 Å². The van der Waals surface area contributed by atoms with Crippen molar-refractivity contribution in [2.45, 2.75) is 6.18 Å². The second kappa shape index (κ2) is 9.17. The zero-order valence-electron chi connectivity index (χ0n) is 17.6. The molecule has 1 aromatic carbocycles. The van der Waals surface area contributed by atoms with Crippen molar-refractivity contribution in [1.82, 2.24) is 24.7 Å². The number of urea groups is 1. The minimum atomic E-state index is -4.50. The van der Waals surface area contributed by atoms with Crippen molar-refractivity contribution in [3.05, 3.63) is 66.7 Å². The lowest BCUT2D eigenvalue weighted by molar-refractivity contribution is -0.122. The van der Waals surface area contributed by atoms with Crippen LogP contribution in [0.15, 0.2) is 61.2 Å². The highest BCUT2D eigenvalue weighted by Crippen LogP contribution is 2.26. The minimum Gasteiger partial charge on any atom is -0.465 e. The standard InChI is InChI=1S/C22H17F3N6O3/c1-34-20(32)15-9-27-19(28-10-15)14-5-6-31-17(11-26-18(31)8-14)13-3-2-4-16(7-13)30-21(33)29-12-22(23,24)25/h2-11H,12H2,1H3,(H2,29,30,33). The molecular formula is C22H17F3N6O3. The number of benzene rings is 1. The van der Waals surface area contributed by atoms with Gasteiger partial charge in [0, 0.05) is 35.4 Å². The molecule has 0 saturated carbocycles. The molecule has 0 aliphatic rings. The van der Waals surface area contributed by atoms with Crippen LogP contribution in [-0.2, 0) is 4.74 Å². The van der Waals surface area contributed by atoms with Crippen LogP contribution in [0.4, 0.5) is 23.7 Å². The lowest BCUT2D eigenvalue weighted by Crippen LogP contribution is -2.36. The van der Waals surface area contributed by atoms with Crippen molar-refractivity contribution in [2.24, 2.45) is 0 Å². The Morgan fingerprint density at radius 3 is 2.50 bits per heavy atom. The van der Waals surface area contributed by atoms with Gasteiger partial charge >= 0.3 is 18.2 Å². The van der Waals surface area contributed by atoms with Crippen molar-refractivity contribution in [3.63, 3.8) is 0 Å². The lowest BCUT2D eigenvalue weighted by atomic mass is 10.1. The van der Waals surface area contributed by atoms with E-state index in [1.54, 1.807) is 58.5 Å². The number of carbonyl (C=O) groups is 2. The van der Waals surface area contributed by atoms with E-state index in [9.17, 15) is 22.8 Å². The van der Waals surface area contributed by atoms with E-state index in [1.807, 2.05) is 0 Å². The molecule has 0 saturated heterocycles. The number of ether oxygens (including phenoxy) is 1. The van der Waals surface area contributed by atoms with E-state index < -0.39 is 24.7 Å². The molecule has 0 aliphatic carbocycles. The maximum absolute atomic E-state index is 12.3. The summed E-state index contributed by atoms with van der Waals surface area (Å²) in [6.45, 7) is -1.43. The molecule has 0 radical (unpaired) electrons. The number of imidazole rings is 1. The summed E-state index contributed by atoms with van der Waals surface area (Å²) in [6.07, 6.45) is 1.64. The minimum absolute atomic E-state index is 0.232. The maximum atomic E-state index is 12.3. The van der Waals surface area contributed by atoms with Crippen LogP contribution in [0.3, 0.4) is 0 Å². The number of alkyl halides is 3. The fourth-order valence-corrected chi connectivity index (χ4v) is 3.15. The number of methoxy groups -OCH3 is 1. The third-order valence-corrected chi connectivity index (χ3v) is 4.71. The molecule has 0 atom stereocenters. The molecule has 2 N–H and O–H groups in total. The number of halogens is 3. The molecular weight excluding hydrogens is 453 g/mol. The lowest BCUT2D eigenvalue weighted by Gasteiger charge is -2.11. The van der Waals surface area contributed by atoms with Gasteiger partial charge in [0.2, 0.25) is 0 Å². The molecule has 0 fully saturated rings. The van der Waals surface area contributed by atoms with Crippen molar-refractivity contribution in [2.75, 3.05) is 19.0 Å². The smallest absolute Gasteiger partial charge is 0.405 e. The number of nitrogens with zero attached hydrogens (tertiary/aromatic N) is 4. The van der Waals surface area contributed by atoms with Gasteiger partial charge in [0.25, 0.3) is 0 Å². The van der Waals surface area contributed by atoms with E-state index in [0.29, 0.717) is 34.0 Å². The number of aromatic nitrogens is 4. The second-order valence-corrected chi connectivity index (χ2v) is 7.08. The summed E-state index contributed by atoms with van der Waals surface area (Å²) < 4.78 is 43.3. The van der Waals surface area contributed by atoms with Gasteiger partial charge in [-0.2, -0.15) is 13.2 Å².